The molecule has 4 unspecified atom stereocenters. The van der Waals surface area contributed by atoms with Crippen LogP contribution in [0.5, 0.6) is 0 Å². The highest BCUT2D eigenvalue weighted by molar-refractivity contribution is 5.86. The summed E-state index contributed by atoms with van der Waals surface area (Å²) in [6, 6.07) is 0. The van der Waals surface area contributed by atoms with E-state index in [9.17, 15) is 9.59 Å². The van der Waals surface area contributed by atoms with Gasteiger partial charge in [-0.15, -0.1) is 0 Å². The summed E-state index contributed by atoms with van der Waals surface area (Å²) in [7, 11) is 0. The fourth-order valence-corrected chi connectivity index (χ4v) is 13.2. The molecule has 1 heterocycles. The Kier molecular flexibility index (Phi) is 4.19. The van der Waals surface area contributed by atoms with E-state index in [1.54, 1.807) is 0 Å². The number of hydrogen-bond donors (Lipinski definition) is 0. The van der Waals surface area contributed by atoms with Crippen LogP contribution in [-0.2, 0) is 9.59 Å². The Balaban J connectivity index is 1.06. The Morgan fingerprint density at radius 3 is 1.06 bits per heavy atom. The van der Waals surface area contributed by atoms with E-state index in [4.69, 9.17) is 0 Å². The van der Waals surface area contributed by atoms with E-state index in [-0.39, 0.29) is 10.8 Å². The third-order valence-corrected chi connectivity index (χ3v) is 12.0. The zero-order chi connectivity index (χ0) is 23.8. The molecule has 0 radical (unpaired) electrons. The lowest BCUT2D eigenvalue weighted by atomic mass is 9.40. The van der Waals surface area contributed by atoms with Crippen LogP contribution >= 0.6 is 0 Å². The number of rotatable bonds is 2. The highest BCUT2D eigenvalue weighted by Crippen LogP contribution is 2.71. The summed E-state index contributed by atoms with van der Waals surface area (Å²) in [5.41, 5.74) is 1.24. The molecule has 1 aliphatic heterocycles. The van der Waals surface area contributed by atoms with Gasteiger partial charge in [-0.3, -0.25) is 9.59 Å². The molecule has 0 N–H and O–H groups in total. The van der Waals surface area contributed by atoms with Gasteiger partial charge < -0.3 is 9.80 Å². The number of nitrogens with zero attached hydrogens (tertiary/aromatic N) is 2. The van der Waals surface area contributed by atoms with Crippen LogP contribution in [0.3, 0.4) is 0 Å². The molecule has 4 heteroatoms. The third kappa shape index (κ3) is 3.08. The van der Waals surface area contributed by atoms with Crippen molar-refractivity contribution in [2.24, 2.45) is 44.3 Å². The first kappa shape index (κ1) is 22.2. The van der Waals surface area contributed by atoms with Crippen LogP contribution in [0.2, 0.25) is 0 Å². The monoisotopic (exact) mass is 466 g/mol. The van der Waals surface area contributed by atoms with Gasteiger partial charge in [0.15, 0.2) is 0 Å². The SMILES string of the molecule is CC12CC3CC(C)(C1)CC(C(=O)N1CCN(C(=O)C45CC6CC(C)(CC(C)(C6)C4)C5)CC1)(C3)C2. The van der Waals surface area contributed by atoms with E-state index in [2.05, 4.69) is 37.5 Å². The van der Waals surface area contributed by atoms with Crippen LogP contribution in [0.15, 0.2) is 0 Å². The lowest BCUT2D eigenvalue weighted by Gasteiger charge is -2.65. The van der Waals surface area contributed by atoms with E-state index in [1.807, 2.05) is 0 Å². The first-order valence-corrected chi connectivity index (χ1v) is 14.4. The number of carbonyl (C=O) groups is 2. The Labute approximate surface area is 206 Å². The molecule has 0 aromatic heterocycles. The maximum atomic E-state index is 14.0. The van der Waals surface area contributed by atoms with Gasteiger partial charge in [-0.2, -0.15) is 0 Å². The summed E-state index contributed by atoms with van der Waals surface area (Å²) in [4.78, 5) is 32.4. The lowest BCUT2D eigenvalue weighted by molar-refractivity contribution is -0.186. The number of amides is 2. The molecule has 34 heavy (non-hydrogen) atoms. The fraction of sp³-hybridized carbons (Fsp3) is 0.933. The van der Waals surface area contributed by atoms with Crippen molar-refractivity contribution in [3.63, 3.8) is 0 Å². The number of piperazine rings is 1. The fourth-order valence-electron chi connectivity index (χ4n) is 13.2. The van der Waals surface area contributed by atoms with Gasteiger partial charge in [0.25, 0.3) is 0 Å². The highest BCUT2D eigenvalue weighted by Gasteiger charge is 2.65. The molecule has 0 aromatic rings. The quantitative estimate of drug-likeness (QED) is 0.528. The van der Waals surface area contributed by atoms with Gasteiger partial charge in [0.05, 0.1) is 10.8 Å². The smallest absolute Gasteiger partial charge is 0.228 e. The molecular formula is C30H46N2O2. The molecule has 0 aromatic carbocycles. The van der Waals surface area contributed by atoms with E-state index in [0.717, 1.165) is 76.5 Å². The topological polar surface area (TPSA) is 40.6 Å². The second-order valence-corrected chi connectivity index (χ2v) is 16.4. The zero-order valence-corrected chi connectivity index (χ0v) is 22.2. The number of carbonyl (C=O) groups excluding carboxylic acids is 2. The van der Waals surface area contributed by atoms with Crippen molar-refractivity contribution in [1.82, 2.24) is 9.80 Å². The molecule has 9 fully saturated rings. The summed E-state index contributed by atoms with van der Waals surface area (Å²) in [5.74, 6) is 2.38. The first-order valence-electron chi connectivity index (χ1n) is 14.4. The highest BCUT2D eigenvalue weighted by atomic mass is 16.2. The maximum absolute atomic E-state index is 14.0. The second-order valence-electron chi connectivity index (χ2n) is 16.4. The van der Waals surface area contributed by atoms with Crippen molar-refractivity contribution >= 4 is 11.8 Å². The number of hydrogen-bond acceptors (Lipinski definition) is 2. The van der Waals surface area contributed by atoms with Gasteiger partial charge in [-0.1, -0.05) is 27.7 Å². The molecular weight excluding hydrogens is 420 g/mol. The Morgan fingerprint density at radius 1 is 0.500 bits per heavy atom. The average Bonchev–Trinajstić information content (AvgIpc) is 2.67. The molecule has 1 saturated heterocycles. The second kappa shape index (κ2) is 6.43. The van der Waals surface area contributed by atoms with Crippen molar-refractivity contribution in [1.29, 1.82) is 0 Å². The molecule has 4 nitrogen and oxygen atoms in total. The molecule has 4 atom stereocenters. The van der Waals surface area contributed by atoms with E-state index < -0.39 is 0 Å². The minimum Gasteiger partial charge on any atom is -0.339 e. The summed E-state index contributed by atoms with van der Waals surface area (Å²) in [5, 5.41) is 0. The molecule has 8 bridgehead atoms. The summed E-state index contributed by atoms with van der Waals surface area (Å²) in [6.45, 7) is 12.8. The molecule has 188 valence electrons. The first-order chi connectivity index (χ1) is 15.8. The third-order valence-electron chi connectivity index (χ3n) is 12.0. The van der Waals surface area contributed by atoms with E-state index in [0.29, 0.717) is 33.5 Å². The van der Waals surface area contributed by atoms with Crippen molar-refractivity contribution in [2.75, 3.05) is 26.2 Å². The van der Waals surface area contributed by atoms with Crippen molar-refractivity contribution in [3.05, 3.63) is 0 Å². The van der Waals surface area contributed by atoms with Crippen LogP contribution in [0, 0.1) is 44.3 Å². The van der Waals surface area contributed by atoms with Gasteiger partial charge >= 0.3 is 0 Å². The minimum absolute atomic E-state index is 0.113. The van der Waals surface area contributed by atoms with Crippen molar-refractivity contribution in [3.8, 4) is 0 Å². The zero-order valence-electron chi connectivity index (χ0n) is 22.2. The van der Waals surface area contributed by atoms with Gasteiger partial charge in [0, 0.05) is 26.2 Å². The minimum atomic E-state index is -0.113. The summed E-state index contributed by atoms with van der Waals surface area (Å²) >= 11 is 0. The Bertz CT molecular complexity index is 835. The van der Waals surface area contributed by atoms with E-state index >= 15 is 0 Å². The van der Waals surface area contributed by atoms with Crippen LogP contribution in [-0.4, -0.2) is 47.8 Å². The largest absolute Gasteiger partial charge is 0.339 e. The predicted molar refractivity (Wildman–Crippen MR) is 133 cm³/mol. The van der Waals surface area contributed by atoms with Gasteiger partial charge in [-0.05, 0) is 111 Å². The summed E-state index contributed by atoms with van der Waals surface area (Å²) in [6.07, 6.45) is 14.6. The van der Waals surface area contributed by atoms with Crippen molar-refractivity contribution in [2.45, 2.75) is 105 Å². The predicted octanol–water partition coefficient (Wildman–Crippen LogP) is 5.65. The standard InChI is InChI=1S/C30H46N2O2/c1-25-9-21-10-26(2,15-25)18-29(13-21,17-25)23(33)31-5-7-32(8-6-31)24(34)30-14-22-11-27(3,19-30)16-28(4,12-22)20-30/h21-22H,5-20H2,1-4H3. The molecule has 2 amide bonds. The van der Waals surface area contributed by atoms with Crippen LogP contribution < -0.4 is 0 Å². The van der Waals surface area contributed by atoms with Gasteiger partial charge in [-0.25, -0.2) is 0 Å². The molecule has 8 saturated carbocycles. The Morgan fingerprint density at radius 2 is 0.794 bits per heavy atom. The Hall–Kier alpha value is -1.06. The van der Waals surface area contributed by atoms with Crippen LogP contribution in [0.4, 0.5) is 0 Å². The van der Waals surface area contributed by atoms with Crippen molar-refractivity contribution < 1.29 is 9.59 Å². The normalized spacial score (nSPS) is 55.2. The van der Waals surface area contributed by atoms with E-state index in [1.165, 1.54) is 38.5 Å². The van der Waals surface area contributed by atoms with Gasteiger partial charge in [0.1, 0.15) is 0 Å². The molecule has 0 spiro atoms. The molecule has 8 aliphatic carbocycles. The average molecular weight is 467 g/mol. The molecule has 9 rings (SSSR count). The maximum Gasteiger partial charge on any atom is 0.228 e. The van der Waals surface area contributed by atoms with Crippen LogP contribution in [0.1, 0.15) is 105 Å². The molecule has 9 aliphatic rings. The lowest BCUT2D eigenvalue weighted by Crippen LogP contribution is -2.64. The van der Waals surface area contributed by atoms with Crippen LogP contribution in [0.25, 0.3) is 0 Å². The van der Waals surface area contributed by atoms with Gasteiger partial charge in [0.2, 0.25) is 11.8 Å². The summed E-state index contributed by atoms with van der Waals surface area (Å²) < 4.78 is 0.